The summed E-state index contributed by atoms with van der Waals surface area (Å²) in [6, 6.07) is 12.9. The molecule has 1 saturated carbocycles. The number of hydrogen-bond donors (Lipinski definition) is 0. The molecule has 1 aliphatic rings. The van der Waals surface area contributed by atoms with Crippen molar-refractivity contribution >= 4 is 28.4 Å². The quantitative estimate of drug-likeness (QED) is 0.574. The van der Waals surface area contributed by atoms with Crippen LogP contribution in [0.5, 0.6) is 5.75 Å². The molecule has 1 amide bonds. The molecular formula is C23H24ClN3O3. The molecule has 1 fully saturated rings. The number of rotatable bonds is 7. The Hall–Kier alpha value is -2.86. The molecule has 6 nitrogen and oxygen atoms in total. The Balaban J connectivity index is 1.51. The second kappa shape index (κ2) is 8.48. The minimum atomic E-state index is -0.0261. The highest BCUT2D eigenvalue weighted by Crippen LogP contribution is 2.35. The van der Waals surface area contributed by atoms with E-state index in [0.717, 1.165) is 18.4 Å². The molecule has 1 aromatic heterocycles. The summed E-state index contributed by atoms with van der Waals surface area (Å²) in [6.45, 7) is 0.392. The summed E-state index contributed by atoms with van der Waals surface area (Å²) in [5, 5.41) is 1.23. The first-order chi connectivity index (χ1) is 14.5. The number of aryl methyl sites for hydroxylation is 1. The van der Waals surface area contributed by atoms with Crippen LogP contribution in [-0.2, 0) is 17.8 Å². The molecule has 0 bridgehead atoms. The molecule has 0 atom stereocenters. The predicted molar refractivity (Wildman–Crippen MR) is 117 cm³/mol. The third-order valence-electron chi connectivity index (χ3n) is 5.43. The van der Waals surface area contributed by atoms with E-state index in [1.54, 1.807) is 41.8 Å². The van der Waals surface area contributed by atoms with Gasteiger partial charge in [0, 0.05) is 43.1 Å². The molecule has 30 heavy (non-hydrogen) atoms. The maximum atomic E-state index is 13.0. The number of nitrogens with zero attached hydrogens (tertiary/aromatic N) is 3. The SMILES string of the molecule is COc1ccc(Cl)cc1CN(C)C(=O)CCc1nc2ccccc2c(=O)n1C1CC1. The summed E-state index contributed by atoms with van der Waals surface area (Å²) < 4.78 is 7.16. The second-order valence-electron chi connectivity index (χ2n) is 7.66. The van der Waals surface area contributed by atoms with Crippen LogP contribution in [0.4, 0.5) is 0 Å². The first-order valence-electron chi connectivity index (χ1n) is 10.0. The lowest BCUT2D eigenvalue weighted by Gasteiger charge is -2.20. The standard InChI is InChI=1S/C23H24ClN3O3/c1-26(14-15-13-16(24)7-10-20(15)30-2)22(28)12-11-21-25-19-6-4-3-5-18(19)23(29)27(21)17-8-9-17/h3-7,10,13,17H,8-9,11-12,14H2,1-2H3. The molecule has 4 rings (SSSR count). The zero-order valence-corrected chi connectivity index (χ0v) is 17.9. The van der Waals surface area contributed by atoms with E-state index in [9.17, 15) is 9.59 Å². The van der Waals surface area contributed by atoms with E-state index in [2.05, 4.69) is 0 Å². The maximum absolute atomic E-state index is 13.0. The van der Waals surface area contributed by atoms with Crippen LogP contribution in [-0.4, -0.2) is 34.5 Å². The molecule has 2 aromatic carbocycles. The third kappa shape index (κ3) is 4.19. The van der Waals surface area contributed by atoms with E-state index >= 15 is 0 Å². The van der Waals surface area contributed by atoms with Gasteiger partial charge in [0.25, 0.3) is 5.56 Å². The van der Waals surface area contributed by atoms with Gasteiger partial charge in [0.1, 0.15) is 11.6 Å². The summed E-state index contributed by atoms with van der Waals surface area (Å²) >= 11 is 6.09. The number of fused-ring (bicyclic) bond motifs is 1. The summed E-state index contributed by atoms with van der Waals surface area (Å²) in [5.74, 6) is 1.35. The number of hydrogen-bond acceptors (Lipinski definition) is 4. The number of carbonyl (C=O) groups excluding carboxylic acids is 1. The minimum absolute atomic E-state index is 0.0115. The highest BCUT2D eigenvalue weighted by Gasteiger charge is 2.28. The fourth-order valence-corrected chi connectivity index (χ4v) is 3.90. The third-order valence-corrected chi connectivity index (χ3v) is 5.67. The Morgan fingerprint density at radius 3 is 2.77 bits per heavy atom. The van der Waals surface area contributed by atoms with Gasteiger partial charge in [-0.2, -0.15) is 0 Å². The summed E-state index contributed by atoms with van der Waals surface area (Å²) in [7, 11) is 3.35. The normalized spacial score (nSPS) is 13.4. The highest BCUT2D eigenvalue weighted by molar-refractivity contribution is 6.30. The Labute approximate surface area is 180 Å². The summed E-state index contributed by atoms with van der Waals surface area (Å²) in [6.07, 6.45) is 2.66. The molecule has 156 valence electrons. The van der Waals surface area contributed by atoms with Crippen molar-refractivity contribution in [3.8, 4) is 5.75 Å². The predicted octanol–water partition coefficient (Wildman–Crippen LogP) is 3.98. The number of para-hydroxylation sites is 1. The average molecular weight is 426 g/mol. The van der Waals surface area contributed by atoms with Gasteiger partial charge in [-0.3, -0.25) is 14.2 Å². The van der Waals surface area contributed by atoms with Crippen LogP contribution in [0.3, 0.4) is 0 Å². The molecule has 1 heterocycles. The topological polar surface area (TPSA) is 64.4 Å². The first kappa shape index (κ1) is 20.4. The molecule has 0 N–H and O–H groups in total. The Kier molecular flexibility index (Phi) is 5.77. The van der Waals surface area contributed by atoms with Crippen molar-refractivity contribution in [2.75, 3.05) is 14.2 Å². The number of amides is 1. The van der Waals surface area contributed by atoms with Gasteiger partial charge in [0.05, 0.1) is 18.0 Å². The van der Waals surface area contributed by atoms with E-state index in [4.69, 9.17) is 21.3 Å². The number of aromatic nitrogens is 2. The van der Waals surface area contributed by atoms with Gasteiger partial charge in [-0.05, 0) is 43.2 Å². The van der Waals surface area contributed by atoms with Crippen molar-refractivity contribution in [3.63, 3.8) is 0 Å². The fourth-order valence-electron chi connectivity index (χ4n) is 3.70. The van der Waals surface area contributed by atoms with Gasteiger partial charge >= 0.3 is 0 Å². The second-order valence-corrected chi connectivity index (χ2v) is 8.09. The molecular weight excluding hydrogens is 402 g/mol. The van der Waals surface area contributed by atoms with Crippen molar-refractivity contribution in [1.82, 2.24) is 14.5 Å². The van der Waals surface area contributed by atoms with Crippen LogP contribution >= 0.6 is 11.6 Å². The monoisotopic (exact) mass is 425 g/mol. The molecule has 0 spiro atoms. The molecule has 0 unspecified atom stereocenters. The zero-order valence-electron chi connectivity index (χ0n) is 17.1. The van der Waals surface area contributed by atoms with Crippen LogP contribution in [0.25, 0.3) is 10.9 Å². The van der Waals surface area contributed by atoms with Crippen LogP contribution < -0.4 is 10.3 Å². The van der Waals surface area contributed by atoms with E-state index in [1.807, 2.05) is 24.3 Å². The molecule has 3 aromatic rings. The Morgan fingerprint density at radius 1 is 1.27 bits per heavy atom. The van der Waals surface area contributed by atoms with Crippen LogP contribution in [0.2, 0.25) is 5.02 Å². The first-order valence-corrected chi connectivity index (χ1v) is 10.4. The number of benzene rings is 2. The van der Waals surface area contributed by atoms with E-state index in [1.165, 1.54) is 0 Å². The van der Waals surface area contributed by atoms with Gasteiger partial charge in [-0.15, -0.1) is 0 Å². The molecule has 0 aliphatic heterocycles. The highest BCUT2D eigenvalue weighted by atomic mass is 35.5. The zero-order chi connectivity index (χ0) is 21.3. The minimum Gasteiger partial charge on any atom is -0.496 e. The Morgan fingerprint density at radius 2 is 2.03 bits per heavy atom. The summed E-state index contributed by atoms with van der Waals surface area (Å²) in [4.78, 5) is 32.1. The van der Waals surface area contributed by atoms with E-state index in [-0.39, 0.29) is 23.9 Å². The lowest BCUT2D eigenvalue weighted by atomic mass is 10.1. The van der Waals surface area contributed by atoms with Gasteiger partial charge in [-0.25, -0.2) is 4.98 Å². The Bertz CT molecular complexity index is 1150. The molecule has 0 saturated heterocycles. The number of carbonyl (C=O) groups is 1. The fraction of sp³-hybridized carbons (Fsp3) is 0.348. The molecule has 1 aliphatic carbocycles. The lowest BCUT2D eigenvalue weighted by molar-refractivity contribution is -0.130. The van der Waals surface area contributed by atoms with Gasteiger partial charge in [-0.1, -0.05) is 23.7 Å². The molecule has 7 heteroatoms. The van der Waals surface area contributed by atoms with Crippen LogP contribution in [0.15, 0.2) is 47.3 Å². The van der Waals surface area contributed by atoms with Gasteiger partial charge in [0.2, 0.25) is 5.91 Å². The van der Waals surface area contributed by atoms with E-state index < -0.39 is 0 Å². The van der Waals surface area contributed by atoms with Crippen molar-refractivity contribution in [3.05, 3.63) is 69.2 Å². The van der Waals surface area contributed by atoms with Crippen LogP contribution in [0.1, 0.15) is 36.7 Å². The summed E-state index contributed by atoms with van der Waals surface area (Å²) in [5.41, 5.74) is 1.51. The number of halogens is 1. The largest absolute Gasteiger partial charge is 0.496 e. The maximum Gasteiger partial charge on any atom is 0.261 e. The average Bonchev–Trinajstić information content (AvgIpc) is 3.57. The van der Waals surface area contributed by atoms with Crippen molar-refractivity contribution in [1.29, 1.82) is 0 Å². The molecule has 0 radical (unpaired) electrons. The van der Waals surface area contributed by atoms with Gasteiger partial charge < -0.3 is 9.64 Å². The van der Waals surface area contributed by atoms with Gasteiger partial charge in [0.15, 0.2) is 0 Å². The van der Waals surface area contributed by atoms with Crippen LogP contribution in [0, 0.1) is 0 Å². The van der Waals surface area contributed by atoms with E-state index in [0.29, 0.717) is 40.5 Å². The lowest BCUT2D eigenvalue weighted by Crippen LogP contribution is -2.29. The van der Waals surface area contributed by atoms with Crippen molar-refractivity contribution < 1.29 is 9.53 Å². The van der Waals surface area contributed by atoms with Crippen molar-refractivity contribution in [2.45, 2.75) is 38.3 Å². The smallest absolute Gasteiger partial charge is 0.261 e. The number of methoxy groups -OCH3 is 1. The van der Waals surface area contributed by atoms with Crippen molar-refractivity contribution in [2.24, 2.45) is 0 Å². The number of ether oxygens (including phenoxy) is 1.